The summed E-state index contributed by atoms with van der Waals surface area (Å²) >= 11 is 5.59. The first-order chi connectivity index (χ1) is 8.86. The van der Waals surface area contributed by atoms with Gasteiger partial charge in [-0.05, 0) is 0 Å². The SMILES string of the molecule is ClCc1nnc(-c2cc(-c3ccccc3)on2)o1. The Morgan fingerprint density at radius 3 is 2.67 bits per heavy atom. The smallest absolute Gasteiger partial charge is 0.269 e. The van der Waals surface area contributed by atoms with Gasteiger partial charge < -0.3 is 8.94 Å². The summed E-state index contributed by atoms with van der Waals surface area (Å²) in [7, 11) is 0. The molecule has 3 aromatic rings. The molecule has 0 spiro atoms. The van der Waals surface area contributed by atoms with Crippen molar-refractivity contribution in [3.63, 3.8) is 0 Å². The first-order valence-electron chi connectivity index (χ1n) is 5.27. The molecule has 6 heteroatoms. The summed E-state index contributed by atoms with van der Waals surface area (Å²) in [5, 5.41) is 11.5. The third-order valence-corrected chi connectivity index (χ3v) is 2.60. The zero-order valence-corrected chi connectivity index (χ0v) is 9.96. The van der Waals surface area contributed by atoms with E-state index in [9.17, 15) is 0 Å². The predicted molar refractivity (Wildman–Crippen MR) is 64.8 cm³/mol. The Morgan fingerprint density at radius 1 is 1.11 bits per heavy atom. The summed E-state index contributed by atoms with van der Waals surface area (Å²) in [6.07, 6.45) is 0. The van der Waals surface area contributed by atoms with Crippen LogP contribution in [0.2, 0.25) is 0 Å². The fourth-order valence-electron chi connectivity index (χ4n) is 1.53. The fourth-order valence-corrected chi connectivity index (χ4v) is 1.63. The molecule has 3 rings (SSSR count). The molecule has 90 valence electrons. The van der Waals surface area contributed by atoms with E-state index >= 15 is 0 Å². The lowest BCUT2D eigenvalue weighted by atomic mass is 10.2. The van der Waals surface area contributed by atoms with Crippen LogP contribution in [-0.2, 0) is 5.88 Å². The molecule has 0 unspecified atom stereocenters. The van der Waals surface area contributed by atoms with Crippen LogP contribution in [0.1, 0.15) is 5.89 Å². The lowest BCUT2D eigenvalue weighted by Crippen LogP contribution is -1.76. The van der Waals surface area contributed by atoms with E-state index in [0.29, 0.717) is 23.2 Å². The summed E-state index contributed by atoms with van der Waals surface area (Å²) in [6, 6.07) is 11.4. The second-order valence-corrected chi connectivity index (χ2v) is 3.84. The first-order valence-corrected chi connectivity index (χ1v) is 5.81. The van der Waals surface area contributed by atoms with Crippen molar-refractivity contribution in [3.8, 4) is 22.9 Å². The highest BCUT2D eigenvalue weighted by atomic mass is 35.5. The molecule has 0 amide bonds. The number of hydrogen-bond donors (Lipinski definition) is 0. The Hall–Kier alpha value is -2.14. The molecule has 0 bridgehead atoms. The number of nitrogens with zero attached hydrogens (tertiary/aromatic N) is 3. The van der Waals surface area contributed by atoms with Crippen LogP contribution in [0.4, 0.5) is 0 Å². The normalized spacial score (nSPS) is 10.7. The average Bonchev–Trinajstić information content (AvgIpc) is 3.08. The predicted octanol–water partition coefficient (Wildman–Crippen LogP) is 3.13. The van der Waals surface area contributed by atoms with Gasteiger partial charge in [0.15, 0.2) is 11.5 Å². The lowest BCUT2D eigenvalue weighted by Gasteiger charge is -1.91. The van der Waals surface area contributed by atoms with Gasteiger partial charge in [-0.3, -0.25) is 0 Å². The fraction of sp³-hybridized carbons (Fsp3) is 0.0833. The van der Waals surface area contributed by atoms with Crippen molar-refractivity contribution in [2.75, 3.05) is 0 Å². The van der Waals surface area contributed by atoms with E-state index in [-0.39, 0.29) is 5.88 Å². The zero-order valence-electron chi connectivity index (χ0n) is 9.21. The number of alkyl halides is 1. The number of aromatic nitrogens is 3. The van der Waals surface area contributed by atoms with E-state index in [2.05, 4.69) is 15.4 Å². The second kappa shape index (κ2) is 4.62. The van der Waals surface area contributed by atoms with Gasteiger partial charge >= 0.3 is 0 Å². The van der Waals surface area contributed by atoms with Crippen LogP contribution in [0.25, 0.3) is 22.9 Å². The van der Waals surface area contributed by atoms with Crippen LogP contribution in [-0.4, -0.2) is 15.4 Å². The van der Waals surface area contributed by atoms with Crippen LogP contribution in [0.5, 0.6) is 0 Å². The maximum atomic E-state index is 5.59. The van der Waals surface area contributed by atoms with E-state index in [1.807, 2.05) is 30.3 Å². The van der Waals surface area contributed by atoms with E-state index in [1.54, 1.807) is 6.07 Å². The van der Waals surface area contributed by atoms with Crippen LogP contribution in [0.15, 0.2) is 45.3 Å². The standard InChI is InChI=1S/C12H8ClN3O2/c13-7-11-14-15-12(17-11)9-6-10(18-16-9)8-4-2-1-3-5-8/h1-6H,7H2. The van der Waals surface area contributed by atoms with Gasteiger partial charge in [-0.1, -0.05) is 35.5 Å². The zero-order chi connectivity index (χ0) is 12.4. The van der Waals surface area contributed by atoms with Crippen molar-refractivity contribution < 1.29 is 8.94 Å². The molecule has 0 aliphatic rings. The molecule has 0 N–H and O–H groups in total. The summed E-state index contributed by atoms with van der Waals surface area (Å²) < 4.78 is 10.5. The van der Waals surface area contributed by atoms with Gasteiger partial charge in [0.2, 0.25) is 5.89 Å². The van der Waals surface area contributed by atoms with Crippen LogP contribution >= 0.6 is 11.6 Å². The van der Waals surface area contributed by atoms with Gasteiger partial charge in [-0.2, -0.15) is 0 Å². The van der Waals surface area contributed by atoms with Gasteiger partial charge in [0, 0.05) is 11.6 Å². The molecule has 18 heavy (non-hydrogen) atoms. The molecule has 2 heterocycles. The lowest BCUT2D eigenvalue weighted by molar-refractivity contribution is 0.429. The van der Waals surface area contributed by atoms with E-state index < -0.39 is 0 Å². The molecule has 0 atom stereocenters. The molecule has 2 aromatic heterocycles. The van der Waals surface area contributed by atoms with E-state index in [4.69, 9.17) is 20.5 Å². The highest BCUT2D eigenvalue weighted by Crippen LogP contribution is 2.25. The number of hydrogen-bond acceptors (Lipinski definition) is 5. The van der Waals surface area contributed by atoms with Crippen molar-refractivity contribution in [2.24, 2.45) is 0 Å². The summed E-state index contributed by atoms with van der Waals surface area (Å²) in [5.74, 6) is 1.49. The highest BCUT2D eigenvalue weighted by Gasteiger charge is 2.14. The minimum Gasteiger partial charge on any atom is -0.418 e. The average molecular weight is 262 g/mol. The Morgan fingerprint density at radius 2 is 1.94 bits per heavy atom. The first kappa shape index (κ1) is 11.0. The second-order valence-electron chi connectivity index (χ2n) is 3.58. The topological polar surface area (TPSA) is 65.0 Å². The van der Waals surface area contributed by atoms with Crippen LogP contribution in [0, 0.1) is 0 Å². The van der Waals surface area contributed by atoms with Gasteiger partial charge in [0.05, 0.1) is 0 Å². The monoisotopic (exact) mass is 261 g/mol. The molecule has 0 aliphatic carbocycles. The molecular formula is C12H8ClN3O2. The van der Waals surface area contributed by atoms with Crippen molar-refractivity contribution in [1.29, 1.82) is 0 Å². The highest BCUT2D eigenvalue weighted by molar-refractivity contribution is 6.16. The van der Waals surface area contributed by atoms with Crippen molar-refractivity contribution in [1.82, 2.24) is 15.4 Å². The van der Waals surface area contributed by atoms with Gasteiger partial charge in [-0.15, -0.1) is 21.8 Å². The molecule has 1 aromatic carbocycles. The maximum Gasteiger partial charge on any atom is 0.269 e. The van der Waals surface area contributed by atoms with Crippen molar-refractivity contribution >= 4 is 11.6 Å². The summed E-state index contributed by atoms with van der Waals surface area (Å²) in [4.78, 5) is 0. The minimum atomic E-state index is 0.177. The van der Waals surface area contributed by atoms with Crippen LogP contribution < -0.4 is 0 Å². The Balaban J connectivity index is 1.94. The molecule has 0 radical (unpaired) electrons. The molecule has 0 aliphatic heterocycles. The number of rotatable bonds is 3. The molecular weight excluding hydrogens is 254 g/mol. The maximum absolute atomic E-state index is 5.59. The summed E-state index contributed by atoms with van der Waals surface area (Å²) in [5.41, 5.74) is 1.44. The Labute approximate surface area is 107 Å². The molecule has 5 nitrogen and oxygen atoms in total. The van der Waals surface area contributed by atoms with Gasteiger partial charge in [0.25, 0.3) is 5.89 Å². The minimum absolute atomic E-state index is 0.177. The van der Waals surface area contributed by atoms with Crippen LogP contribution in [0.3, 0.4) is 0 Å². The van der Waals surface area contributed by atoms with E-state index in [1.165, 1.54) is 0 Å². The third kappa shape index (κ3) is 2.00. The van der Waals surface area contributed by atoms with Gasteiger partial charge in [0.1, 0.15) is 5.88 Å². The number of benzene rings is 1. The van der Waals surface area contributed by atoms with Gasteiger partial charge in [-0.25, -0.2) is 0 Å². The Bertz CT molecular complexity index is 648. The number of halogens is 1. The van der Waals surface area contributed by atoms with Crippen molar-refractivity contribution in [3.05, 3.63) is 42.3 Å². The molecule has 0 saturated heterocycles. The summed E-state index contributed by atoms with van der Waals surface area (Å²) in [6.45, 7) is 0. The Kier molecular flexibility index (Phi) is 2.82. The largest absolute Gasteiger partial charge is 0.418 e. The van der Waals surface area contributed by atoms with E-state index in [0.717, 1.165) is 5.56 Å². The molecule has 0 saturated carbocycles. The third-order valence-electron chi connectivity index (χ3n) is 2.37. The quantitative estimate of drug-likeness (QED) is 0.678. The van der Waals surface area contributed by atoms with Crippen molar-refractivity contribution in [2.45, 2.75) is 5.88 Å². The molecule has 0 fully saturated rings.